The van der Waals surface area contributed by atoms with Crippen molar-refractivity contribution < 1.29 is 9.36 Å². The van der Waals surface area contributed by atoms with Crippen LogP contribution in [-0.2, 0) is 25.5 Å². The van der Waals surface area contributed by atoms with Crippen LogP contribution in [0.5, 0.6) is 0 Å². The molecule has 1 aliphatic carbocycles. The second-order valence-electron chi connectivity index (χ2n) is 5.86. The van der Waals surface area contributed by atoms with Gasteiger partial charge in [-0.15, -0.1) is 17.9 Å². The molecule has 0 aromatic carbocycles. The van der Waals surface area contributed by atoms with E-state index >= 15 is 0 Å². The molecule has 24 heavy (non-hydrogen) atoms. The highest BCUT2D eigenvalue weighted by atomic mass is 32.1. The van der Waals surface area contributed by atoms with Crippen molar-refractivity contribution in [2.24, 2.45) is 4.99 Å². The van der Waals surface area contributed by atoms with Gasteiger partial charge in [0.2, 0.25) is 11.8 Å². The number of pyridine rings is 1. The van der Waals surface area contributed by atoms with E-state index in [4.69, 9.17) is 12.6 Å². The summed E-state index contributed by atoms with van der Waals surface area (Å²) in [4.78, 5) is 18.0. The fourth-order valence-corrected chi connectivity index (χ4v) is 4.01. The van der Waals surface area contributed by atoms with E-state index in [2.05, 4.69) is 23.8 Å². The number of nitrogens with zero attached hydrogens (tertiary/aromatic N) is 2. The van der Waals surface area contributed by atoms with Crippen molar-refractivity contribution in [1.29, 1.82) is 0 Å². The third-order valence-electron chi connectivity index (χ3n) is 4.23. The molecular formula is C19H20N2OS2. The zero-order valence-electron chi connectivity index (χ0n) is 13.5. The van der Waals surface area contributed by atoms with E-state index in [0.717, 1.165) is 12.8 Å². The number of carbonyl (C=O) groups is 1. The highest BCUT2D eigenvalue weighted by Gasteiger charge is 2.30. The third-order valence-corrected chi connectivity index (χ3v) is 5.46. The molecule has 3 nitrogen and oxygen atoms in total. The number of Topliss-reactive ketones (excluding diaryl/α,β-unsaturated/α-hetero) is 1. The molecule has 0 saturated carbocycles. The number of rotatable bonds is 6. The lowest BCUT2D eigenvalue weighted by Crippen LogP contribution is -2.48. The number of aromatic nitrogens is 1. The van der Waals surface area contributed by atoms with Crippen molar-refractivity contribution in [2.45, 2.75) is 31.7 Å². The summed E-state index contributed by atoms with van der Waals surface area (Å²) in [5.41, 5.74) is 2.70. The summed E-state index contributed by atoms with van der Waals surface area (Å²) in [6.07, 6.45) is 10.4. The summed E-state index contributed by atoms with van der Waals surface area (Å²) in [6, 6.07) is 5.29. The normalized spacial score (nSPS) is 15.6. The fraction of sp³-hybridized carbons (Fsp3) is 0.316. The average Bonchev–Trinajstić information content (AvgIpc) is 3.14. The van der Waals surface area contributed by atoms with Gasteiger partial charge in [0, 0.05) is 11.6 Å². The van der Waals surface area contributed by atoms with Crippen LogP contribution < -0.4 is 4.57 Å². The summed E-state index contributed by atoms with van der Waals surface area (Å²) < 4.78 is 1.93. The van der Waals surface area contributed by atoms with Gasteiger partial charge in [0.1, 0.15) is 0 Å². The molecule has 1 atom stereocenters. The molecule has 0 amide bonds. The van der Waals surface area contributed by atoms with E-state index in [1.54, 1.807) is 6.08 Å². The molecule has 3 rings (SSSR count). The van der Waals surface area contributed by atoms with Crippen molar-refractivity contribution in [2.75, 3.05) is 6.54 Å². The lowest BCUT2D eigenvalue weighted by Gasteiger charge is -2.20. The smallest absolute Gasteiger partial charge is 0.244 e. The van der Waals surface area contributed by atoms with Gasteiger partial charge in [-0.1, -0.05) is 12.1 Å². The summed E-state index contributed by atoms with van der Waals surface area (Å²) in [5, 5.41) is 2.32. The second-order valence-corrected chi connectivity index (χ2v) is 7.23. The second kappa shape index (κ2) is 7.81. The Kier molecular flexibility index (Phi) is 5.53. The van der Waals surface area contributed by atoms with Crippen LogP contribution in [0.15, 0.2) is 53.6 Å². The van der Waals surface area contributed by atoms with Crippen molar-refractivity contribution in [3.8, 4) is 0 Å². The molecule has 5 heteroatoms. The van der Waals surface area contributed by atoms with Crippen LogP contribution in [0.4, 0.5) is 0 Å². The number of carbonyl (C=O) groups excluding carboxylic acids is 1. The summed E-state index contributed by atoms with van der Waals surface area (Å²) in [7, 11) is 0. The molecule has 2 heterocycles. The molecule has 0 fully saturated rings. The number of aryl methyl sites for hydroxylation is 2. The van der Waals surface area contributed by atoms with E-state index in [1.807, 2.05) is 28.3 Å². The van der Waals surface area contributed by atoms with Crippen molar-refractivity contribution in [1.82, 2.24) is 0 Å². The predicted molar refractivity (Wildman–Crippen MR) is 101 cm³/mol. The van der Waals surface area contributed by atoms with Gasteiger partial charge in [0.25, 0.3) is 0 Å². The van der Waals surface area contributed by atoms with Crippen molar-refractivity contribution in [3.05, 3.63) is 64.6 Å². The Morgan fingerprint density at radius 1 is 1.38 bits per heavy atom. The molecule has 0 aliphatic heterocycles. The van der Waals surface area contributed by atoms with Gasteiger partial charge >= 0.3 is 0 Å². The SMILES string of the molecule is C=CCN=C([S-])C(C(=O)c1cccs1)[n+]1ccc2c(c1)CCCC2. The number of hydrogen-bond donors (Lipinski definition) is 0. The van der Waals surface area contributed by atoms with Crippen LogP contribution in [0.1, 0.15) is 39.7 Å². The Bertz CT molecular complexity index is 766. The third kappa shape index (κ3) is 3.62. The highest BCUT2D eigenvalue weighted by molar-refractivity contribution is 7.77. The average molecular weight is 357 g/mol. The van der Waals surface area contributed by atoms with E-state index in [0.29, 0.717) is 16.5 Å². The van der Waals surface area contributed by atoms with Crippen molar-refractivity contribution >= 4 is 34.8 Å². The first kappa shape index (κ1) is 17.0. The molecule has 0 saturated heterocycles. The van der Waals surface area contributed by atoms with Gasteiger partial charge in [0.05, 0.1) is 11.4 Å². The standard InChI is InChI=1S/C19H20N2OS2/c1-2-10-20-19(23)17(18(22)16-8-5-12-24-16)21-11-9-14-6-3-4-7-15(14)13-21/h2,5,8-9,11-13,17H,1,3-4,6-7,10H2. The van der Waals surface area contributed by atoms with Crippen LogP contribution >= 0.6 is 11.3 Å². The summed E-state index contributed by atoms with van der Waals surface area (Å²) >= 11 is 6.92. The number of fused-ring (bicyclic) bond motifs is 1. The zero-order chi connectivity index (χ0) is 16.9. The fourth-order valence-electron chi connectivity index (χ4n) is 3.02. The molecule has 0 spiro atoms. The molecule has 0 radical (unpaired) electrons. The van der Waals surface area contributed by atoms with E-state index in [9.17, 15) is 4.79 Å². The molecule has 2 aromatic heterocycles. The molecule has 0 bridgehead atoms. The summed E-state index contributed by atoms with van der Waals surface area (Å²) in [5.74, 6) is 0.00331. The minimum absolute atomic E-state index is 0.00331. The van der Waals surface area contributed by atoms with Crippen LogP contribution in [-0.4, -0.2) is 17.4 Å². The van der Waals surface area contributed by atoms with E-state index < -0.39 is 6.04 Å². The summed E-state index contributed by atoms with van der Waals surface area (Å²) in [6.45, 7) is 4.10. The van der Waals surface area contributed by atoms with Gasteiger partial charge < -0.3 is 17.6 Å². The zero-order valence-corrected chi connectivity index (χ0v) is 15.1. The Balaban J connectivity index is 2.00. The first-order valence-corrected chi connectivity index (χ1v) is 9.42. The van der Waals surface area contributed by atoms with Gasteiger partial charge in [-0.3, -0.25) is 4.79 Å². The number of thiophene rings is 1. The monoisotopic (exact) mass is 356 g/mol. The topological polar surface area (TPSA) is 33.3 Å². The predicted octanol–water partition coefficient (Wildman–Crippen LogP) is 3.47. The van der Waals surface area contributed by atoms with Crippen LogP contribution in [0.3, 0.4) is 0 Å². The van der Waals surface area contributed by atoms with Crippen LogP contribution in [0, 0.1) is 0 Å². The number of ketones is 1. The molecule has 124 valence electrons. The minimum Gasteiger partial charge on any atom is -0.758 e. The Hall–Kier alpha value is -1.85. The number of aliphatic imine (C=N–C) groups is 1. The van der Waals surface area contributed by atoms with E-state index in [-0.39, 0.29) is 5.78 Å². The van der Waals surface area contributed by atoms with E-state index in [1.165, 1.54) is 35.3 Å². The van der Waals surface area contributed by atoms with Gasteiger partial charge in [0.15, 0.2) is 12.4 Å². The molecule has 2 aromatic rings. The molecule has 1 unspecified atom stereocenters. The quantitative estimate of drug-likeness (QED) is 0.198. The van der Waals surface area contributed by atoms with Crippen LogP contribution in [0.25, 0.3) is 0 Å². The maximum absolute atomic E-state index is 13.0. The molecule has 1 aliphatic rings. The lowest BCUT2D eigenvalue weighted by atomic mass is 9.93. The largest absolute Gasteiger partial charge is 0.758 e. The Morgan fingerprint density at radius 2 is 2.17 bits per heavy atom. The van der Waals surface area contributed by atoms with Crippen LogP contribution in [0.2, 0.25) is 0 Å². The highest BCUT2D eigenvalue weighted by Crippen LogP contribution is 2.21. The maximum atomic E-state index is 13.0. The molecular weight excluding hydrogens is 336 g/mol. The molecule has 0 N–H and O–H groups in total. The maximum Gasteiger partial charge on any atom is 0.244 e. The Morgan fingerprint density at radius 3 is 2.88 bits per heavy atom. The van der Waals surface area contributed by atoms with Crippen molar-refractivity contribution in [3.63, 3.8) is 0 Å². The first-order chi connectivity index (χ1) is 11.7. The Labute approximate surface area is 152 Å². The number of hydrogen-bond acceptors (Lipinski definition) is 4. The van der Waals surface area contributed by atoms with Gasteiger partial charge in [-0.05, 0) is 47.7 Å². The van der Waals surface area contributed by atoms with Gasteiger partial charge in [-0.25, -0.2) is 0 Å². The first-order valence-electron chi connectivity index (χ1n) is 8.13. The lowest BCUT2D eigenvalue weighted by molar-refractivity contribution is -0.692. The minimum atomic E-state index is -0.564. The van der Waals surface area contributed by atoms with Gasteiger partial charge in [-0.2, -0.15) is 4.57 Å².